The van der Waals surface area contributed by atoms with Gasteiger partial charge in [0.25, 0.3) is 0 Å². The molecule has 2 saturated heterocycles. The Kier molecular flexibility index (Phi) is 3.98. The van der Waals surface area contributed by atoms with E-state index in [1.54, 1.807) is 13.2 Å². The van der Waals surface area contributed by atoms with Crippen LogP contribution in [0.3, 0.4) is 0 Å². The number of hydrogen-bond donors (Lipinski definition) is 1. The number of carbonyl (C=O) groups excluding carboxylic acids is 1. The molecule has 0 saturated carbocycles. The van der Waals surface area contributed by atoms with E-state index in [0.29, 0.717) is 6.04 Å². The van der Waals surface area contributed by atoms with Gasteiger partial charge in [0.1, 0.15) is 6.10 Å². The predicted molar refractivity (Wildman–Crippen MR) is 75.0 cm³/mol. The molecule has 0 aliphatic carbocycles. The smallest absolute Gasteiger partial charge is 0.248 e. The maximum atomic E-state index is 11.7. The molecule has 1 amide bonds. The number of nitrogens with zero attached hydrogens (tertiary/aromatic N) is 2. The summed E-state index contributed by atoms with van der Waals surface area (Å²) in [5, 5.41) is 2.68. The first-order chi connectivity index (χ1) is 9.78. The third kappa shape index (κ3) is 2.69. The lowest BCUT2D eigenvalue weighted by Crippen LogP contribution is -2.47. The highest BCUT2D eigenvalue weighted by Gasteiger charge is 2.41. The van der Waals surface area contributed by atoms with Gasteiger partial charge in [-0.05, 0) is 30.9 Å². The van der Waals surface area contributed by atoms with Crippen LogP contribution in [0.5, 0.6) is 0 Å². The van der Waals surface area contributed by atoms with Crippen LogP contribution >= 0.6 is 0 Å². The van der Waals surface area contributed by atoms with E-state index in [1.807, 2.05) is 12.3 Å². The Morgan fingerprint density at radius 2 is 2.40 bits per heavy atom. The minimum Gasteiger partial charge on any atom is -0.363 e. The Balaban J connectivity index is 1.61. The molecule has 2 fully saturated rings. The lowest BCUT2D eigenvalue weighted by atomic mass is 9.98. The summed E-state index contributed by atoms with van der Waals surface area (Å²) >= 11 is 0. The number of fused-ring (bicyclic) bond motifs is 1. The first-order valence-electron chi connectivity index (χ1n) is 7.28. The van der Waals surface area contributed by atoms with E-state index in [-0.39, 0.29) is 18.1 Å². The number of pyridine rings is 1. The molecule has 0 unspecified atom stereocenters. The summed E-state index contributed by atoms with van der Waals surface area (Å²) in [6.07, 6.45) is 6.51. The number of ether oxygens (including phenoxy) is 1. The van der Waals surface area contributed by atoms with Gasteiger partial charge < -0.3 is 10.1 Å². The first-order valence-corrected chi connectivity index (χ1v) is 7.28. The van der Waals surface area contributed by atoms with Gasteiger partial charge in [0.2, 0.25) is 5.91 Å². The van der Waals surface area contributed by atoms with Crippen molar-refractivity contribution in [2.24, 2.45) is 0 Å². The Morgan fingerprint density at radius 1 is 1.50 bits per heavy atom. The van der Waals surface area contributed by atoms with Crippen molar-refractivity contribution in [2.75, 3.05) is 13.6 Å². The molecule has 1 N–H and O–H groups in total. The number of hydrogen-bond acceptors (Lipinski definition) is 4. The number of rotatable bonds is 3. The second kappa shape index (κ2) is 5.89. The molecule has 20 heavy (non-hydrogen) atoms. The highest BCUT2D eigenvalue weighted by molar-refractivity contribution is 5.80. The summed E-state index contributed by atoms with van der Waals surface area (Å²) < 4.78 is 5.96. The minimum atomic E-state index is -0.264. The second-order valence-corrected chi connectivity index (χ2v) is 5.54. The van der Waals surface area contributed by atoms with Gasteiger partial charge in [-0.25, -0.2) is 0 Å². The number of nitrogens with one attached hydrogen (secondary N) is 1. The Labute approximate surface area is 119 Å². The van der Waals surface area contributed by atoms with Crippen LogP contribution in [0, 0.1) is 0 Å². The van der Waals surface area contributed by atoms with Crippen LogP contribution in [0.25, 0.3) is 0 Å². The van der Waals surface area contributed by atoms with Crippen molar-refractivity contribution in [3.05, 3.63) is 30.1 Å². The van der Waals surface area contributed by atoms with Crippen molar-refractivity contribution >= 4 is 5.91 Å². The molecule has 3 heterocycles. The van der Waals surface area contributed by atoms with Gasteiger partial charge in [0.05, 0.1) is 6.10 Å². The normalized spacial score (nSPS) is 29.9. The van der Waals surface area contributed by atoms with Crippen LogP contribution in [-0.2, 0) is 16.1 Å². The average Bonchev–Trinajstić information content (AvgIpc) is 2.90. The van der Waals surface area contributed by atoms with Crippen LogP contribution in [0.2, 0.25) is 0 Å². The van der Waals surface area contributed by atoms with Crippen molar-refractivity contribution in [1.82, 2.24) is 15.2 Å². The average molecular weight is 275 g/mol. The van der Waals surface area contributed by atoms with Crippen LogP contribution in [0.4, 0.5) is 0 Å². The zero-order chi connectivity index (χ0) is 13.9. The van der Waals surface area contributed by atoms with Gasteiger partial charge in [-0.15, -0.1) is 0 Å². The third-order valence-corrected chi connectivity index (χ3v) is 4.31. The number of likely N-dealkylation sites (N-methyl/N-ethyl adjacent to an activating group) is 1. The Morgan fingerprint density at radius 3 is 3.15 bits per heavy atom. The largest absolute Gasteiger partial charge is 0.363 e. The summed E-state index contributed by atoms with van der Waals surface area (Å²) in [7, 11) is 1.67. The molecular formula is C15H21N3O2. The molecule has 0 radical (unpaired) electrons. The van der Waals surface area contributed by atoms with Gasteiger partial charge in [-0.1, -0.05) is 6.07 Å². The summed E-state index contributed by atoms with van der Waals surface area (Å²) in [5.74, 6) is 0.00848. The van der Waals surface area contributed by atoms with Gasteiger partial charge in [-0.3, -0.25) is 14.7 Å². The predicted octanol–water partition coefficient (Wildman–Crippen LogP) is 0.949. The summed E-state index contributed by atoms with van der Waals surface area (Å²) in [6.45, 7) is 1.95. The highest BCUT2D eigenvalue weighted by atomic mass is 16.5. The molecular weight excluding hydrogens is 254 g/mol. The molecule has 2 aliphatic heterocycles. The molecule has 108 valence electrons. The fourth-order valence-electron chi connectivity index (χ4n) is 3.29. The molecule has 1 aromatic rings. The van der Waals surface area contributed by atoms with Crippen molar-refractivity contribution < 1.29 is 9.53 Å². The minimum absolute atomic E-state index is 0.00848. The van der Waals surface area contributed by atoms with E-state index in [2.05, 4.69) is 21.3 Å². The summed E-state index contributed by atoms with van der Waals surface area (Å²) in [5.41, 5.74) is 1.24. The lowest BCUT2D eigenvalue weighted by molar-refractivity contribution is -0.143. The quantitative estimate of drug-likeness (QED) is 0.892. The van der Waals surface area contributed by atoms with Crippen molar-refractivity contribution in [1.29, 1.82) is 0 Å². The van der Waals surface area contributed by atoms with Crippen LogP contribution in [0.1, 0.15) is 24.8 Å². The maximum Gasteiger partial charge on any atom is 0.248 e. The monoisotopic (exact) mass is 275 g/mol. The molecule has 1 aromatic heterocycles. The summed E-state index contributed by atoms with van der Waals surface area (Å²) in [6, 6.07) is 4.52. The van der Waals surface area contributed by atoms with E-state index >= 15 is 0 Å². The van der Waals surface area contributed by atoms with E-state index in [9.17, 15) is 4.79 Å². The lowest BCUT2D eigenvalue weighted by Gasteiger charge is -2.35. The molecule has 5 heteroatoms. The van der Waals surface area contributed by atoms with E-state index in [0.717, 1.165) is 32.4 Å². The van der Waals surface area contributed by atoms with Crippen molar-refractivity contribution in [3.63, 3.8) is 0 Å². The zero-order valence-electron chi connectivity index (χ0n) is 11.8. The van der Waals surface area contributed by atoms with Crippen LogP contribution in [0.15, 0.2) is 24.5 Å². The Bertz CT molecular complexity index is 465. The van der Waals surface area contributed by atoms with Crippen molar-refractivity contribution in [3.8, 4) is 0 Å². The topological polar surface area (TPSA) is 54.5 Å². The molecule has 0 bridgehead atoms. The standard InChI is InChI=1S/C15H21N3O2/c1-16-15(19)14-5-4-12-13(20-14)6-8-18(12)10-11-3-2-7-17-9-11/h2-3,7,9,12-14H,4-6,8,10H2,1H3,(H,16,19)/t12-,13-,14-/m1/s1. The first kappa shape index (κ1) is 13.5. The van der Waals surface area contributed by atoms with Gasteiger partial charge in [0.15, 0.2) is 0 Å². The van der Waals surface area contributed by atoms with E-state index in [1.165, 1.54) is 5.56 Å². The number of aromatic nitrogens is 1. The van der Waals surface area contributed by atoms with Crippen LogP contribution < -0.4 is 5.32 Å². The van der Waals surface area contributed by atoms with Gasteiger partial charge >= 0.3 is 0 Å². The zero-order valence-corrected chi connectivity index (χ0v) is 11.8. The van der Waals surface area contributed by atoms with E-state index in [4.69, 9.17) is 4.74 Å². The van der Waals surface area contributed by atoms with Crippen molar-refractivity contribution in [2.45, 2.75) is 44.1 Å². The number of likely N-dealkylation sites (tertiary alicyclic amines) is 1. The van der Waals surface area contributed by atoms with Gasteiger partial charge in [0, 0.05) is 38.6 Å². The summed E-state index contributed by atoms with van der Waals surface area (Å²) in [4.78, 5) is 18.3. The van der Waals surface area contributed by atoms with Crippen LogP contribution in [-0.4, -0.2) is 47.6 Å². The van der Waals surface area contributed by atoms with E-state index < -0.39 is 0 Å². The molecule has 2 aliphatic rings. The number of carbonyl (C=O) groups is 1. The maximum absolute atomic E-state index is 11.7. The second-order valence-electron chi connectivity index (χ2n) is 5.54. The highest BCUT2D eigenvalue weighted by Crippen LogP contribution is 2.32. The number of amides is 1. The fourth-order valence-corrected chi connectivity index (χ4v) is 3.29. The molecule has 5 nitrogen and oxygen atoms in total. The van der Waals surface area contributed by atoms with Gasteiger partial charge in [-0.2, -0.15) is 0 Å². The molecule has 3 atom stereocenters. The Hall–Kier alpha value is -1.46. The molecule has 3 rings (SSSR count). The fraction of sp³-hybridized carbons (Fsp3) is 0.600. The SMILES string of the molecule is CNC(=O)[C@H]1CC[C@@H]2[C@@H](CCN2Cc2cccnc2)O1. The molecule has 0 aromatic carbocycles. The molecule has 0 spiro atoms. The third-order valence-electron chi connectivity index (χ3n) is 4.31.